The highest BCUT2D eigenvalue weighted by Gasteiger charge is 2.22. The van der Waals surface area contributed by atoms with Gasteiger partial charge in [-0.2, -0.15) is 0 Å². The van der Waals surface area contributed by atoms with Crippen molar-refractivity contribution in [2.24, 2.45) is 0 Å². The third-order valence-electron chi connectivity index (χ3n) is 3.43. The Kier molecular flexibility index (Phi) is 5.34. The van der Waals surface area contributed by atoms with Crippen LogP contribution in [0, 0.1) is 0 Å². The second kappa shape index (κ2) is 6.19. The van der Waals surface area contributed by atoms with E-state index in [2.05, 4.69) is 91.1 Å². The first-order chi connectivity index (χ1) is 9.70. The molecule has 1 aromatic carbocycles. The number of anilines is 1. The van der Waals surface area contributed by atoms with E-state index in [1.54, 1.807) is 0 Å². The minimum Gasteiger partial charge on any atom is -0.358 e. The van der Waals surface area contributed by atoms with E-state index in [4.69, 9.17) is 12.2 Å². The van der Waals surface area contributed by atoms with Crippen molar-refractivity contribution in [3.8, 4) is 0 Å². The highest BCUT2D eigenvalue weighted by molar-refractivity contribution is 7.80. The van der Waals surface area contributed by atoms with Crippen LogP contribution in [0.4, 0.5) is 5.69 Å². The topological polar surface area (TPSA) is 24.1 Å². The molecule has 0 amide bonds. The Labute approximate surface area is 142 Å². The Bertz CT molecular complexity index is 540. The van der Waals surface area contributed by atoms with Crippen LogP contribution in [0.1, 0.15) is 73.4 Å². The number of hydrogen-bond acceptors (Lipinski definition) is 1. The molecule has 0 bridgehead atoms. The summed E-state index contributed by atoms with van der Waals surface area (Å²) in [7, 11) is 0. The van der Waals surface area contributed by atoms with Crippen LogP contribution in [0.25, 0.3) is 0 Å². The van der Waals surface area contributed by atoms with E-state index in [1.807, 2.05) is 0 Å². The van der Waals surface area contributed by atoms with Gasteiger partial charge >= 0.3 is 0 Å². The molecule has 1 rings (SSSR count). The molecule has 0 unspecified atom stereocenters. The van der Waals surface area contributed by atoms with Gasteiger partial charge in [-0.25, -0.2) is 0 Å². The molecule has 2 nitrogen and oxygen atoms in total. The molecule has 0 atom stereocenters. The average Bonchev–Trinajstić information content (AvgIpc) is 2.23. The average molecular weight is 321 g/mol. The van der Waals surface area contributed by atoms with Crippen LogP contribution in [-0.2, 0) is 10.8 Å². The molecule has 0 radical (unpaired) electrons. The molecule has 0 aliphatic rings. The molecule has 124 valence electrons. The standard InChI is InChI=1S/C19H32N2S/c1-17(2,3)13-10-11-14(18(4,5)6)15(12-13)20-16(22)21-19(7,8)9/h10-12H,1-9H3,(H2,20,21,22). The summed E-state index contributed by atoms with van der Waals surface area (Å²) in [6, 6.07) is 6.69. The van der Waals surface area contributed by atoms with E-state index < -0.39 is 0 Å². The van der Waals surface area contributed by atoms with Crippen LogP contribution < -0.4 is 10.6 Å². The fraction of sp³-hybridized carbons (Fsp3) is 0.632. The van der Waals surface area contributed by atoms with Crippen LogP contribution >= 0.6 is 12.2 Å². The Morgan fingerprint density at radius 1 is 0.864 bits per heavy atom. The van der Waals surface area contributed by atoms with Gasteiger partial charge in [0, 0.05) is 11.2 Å². The van der Waals surface area contributed by atoms with Crippen LogP contribution in [-0.4, -0.2) is 10.7 Å². The molecule has 1 aromatic rings. The molecule has 0 fully saturated rings. The summed E-state index contributed by atoms with van der Waals surface area (Å²) >= 11 is 5.48. The highest BCUT2D eigenvalue weighted by Crippen LogP contribution is 2.33. The Balaban J connectivity index is 3.21. The molecule has 3 heteroatoms. The van der Waals surface area contributed by atoms with Crippen molar-refractivity contribution < 1.29 is 0 Å². The zero-order valence-electron chi connectivity index (χ0n) is 15.6. The summed E-state index contributed by atoms with van der Waals surface area (Å²) in [5.41, 5.74) is 3.82. The third kappa shape index (κ3) is 5.60. The maximum Gasteiger partial charge on any atom is 0.171 e. The van der Waals surface area contributed by atoms with Crippen molar-refractivity contribution >= 4 is 23.0 Å². The van der Waals surface area contributed by atoms with Crippen molar-refractivity contribution in [3.05, 3.63) is 29.3 Å². The number of benzene rings is 1. The fourth-order valence-corrected chi connectivity index (χ4v) is 2.68. The minimum absolute atomic E-state index is 0.0480. The van der Waals surface area contributed by atoms with Crippen molar-refractivity contribution in [2.75, 3.05) is 5.32 Å². The van der Waals surface area contributed by atoms with Gasteiger partial charge in [-0.15, -0.1) is 0 Å². The lowest BCUT2D eigenvalue weighted by molar-refractivity contribution is 0.514. The van der Waals surface area contributed by atoms with Crippen molar-refractivity contribution in [1.82, 2.24) is 5.32 Å². The first-order valence-corrected chi connectivity index (χ1v) is 8.35. The quantitative estimate of drug-likeness (QED) is 0.681. The lowest BCUT2D eigenvalue weighted by atomic mass is 9.81. The van der Waals surface area contributed by atoms with Crippen LogP contribution in [0.5, 0.6) is 0 Å². The zero-order chi connectivity index (χ0) is 17.3. The third-order valence-corrected chi connectivity index (χ3v) is 3.63. The van der Waals surface area contributed by atoms with E-state index in [-0.39, 0.29) is 16.4 Å². The van der Waals surface area contributed by atoms with E-state index in [0.29, 0.717) is 5.11 Å². The first kappa shape index (κ1) is 19.0. The Morgan fingerprint density at radius 2 is 1.41 bits per heavy atom. The second-order valence-electron chi connectivity index (χ2n) is 9.09. The van der Waals surface area contributed by atoms with Gasteiger partial charge in [0.05, 0.1) is 0 Å². The maximum absolute atomic E-state index is 5.48. The lowest BCUT2D eigenvalue weighted by Crippen LogP contribution is -2.43. The van der Waals surface area contributed by atoms with E-state index in [1.165, 1.54) is 11.1 Å². The first-order valence-electron chi connectivity index (χ1n) is 7.94. The number of thiocarbonyl (C=S) groups is 1. The molecular weight excluding hydrogens is 288 g/mol. The predicted molar refractivity (Wildman–Crippen MR) is 103 cm³/mol. The molecule has 0 saturated carbocycles. The molecule has 2 N–H and O–H groups in total. The smallest absolute Gasteiger partial charge is 0.171 e. The normalized spacial score (nSPS) is 13.0. The Morgan fingerprint density at radius 3 is 1.82 bits per heavy atom. The fourth-order valence-electron chi connectivity index (χ4n) is 2.26. The molecule has 0 heterocycles. The van der Waals surface area contributed by atoms with E-state index in [0.717, 1.165) is 5.69 Å². The highest BCUT2D eigenvalue weighted by atomic mass is 32.1. The SMILES string of the molecule is CC(C)(C)NC(=S)Nc1cc(C(C)(C)C)ccc1C(C)(C)C. The van der Waals surface area contributed by atoms with Crippen LogP contribution in [0.2, 0.25) is 0 Å². The summed E-state index contributed by atoms with van der Waals surface area (Å²) in [5.74, 6) is 0. The Hall–Kier alpha value is -1.09. The molecule has 0 aliphatic heterocycles. The van der Waals surface area contributed by atoms with E-state index in [9.17, 15) is 0 Å². The maximum atomic E-state index is 5.48. The molecule has 0 saturated heterocycles. The monoisotopic (exact) mass is 320 g/mol. The van der Waals surface area contributed by atoms with Gasteiger partial charge in [0.25, 0.3) is 0 Å². The largest absolute Gasteiger partial charge is 0.358 e. The molecule has 0 spiro atoms. The van der Waals surface area contributed by atoms with Gasteiger partial charge in [0.2, 0.25) is 0 Å². The summed E-state index contributed by atoms with van der Waals surface area (Å²) < 4.78 is 0. The van der Waals surface area contributed by atoms with Crippen LogP contribution in [0.15, 0.2) is 18.2 Å². The summed E-state index contributed by atoms with van der Waals surface area (Å²) in [4.78, 5) is 0. The van der Waals surface area contributed by atoms with Gasteiger partial charge < -0.3 is 10.6 Å². The predicted octanol–water partition coefficient (Wildman–Crippen LogP) is 5.37. The van der Waals surface area contributed by atoms with Crippen molar-refractivity contribution in [1.29, 1.82) is 0 Å². The van der Waals surface area contributed by atoms with Gasteiger partial charge in [-0.1, -0.05) is 53.7 Å². The lowest BCUT2D eigenvalue weighted by Gasteiger charge is -2.29. The van der Waals surface area contributed by atoms with Gasteiger partial charge in [-0.3, -0.25) is 0 Å². The van der Waals surface area contributed by atoms with Gasteiger partial charge in [0.1, 0.15) is 0 Å². The van der Waals surface area contributed by atoms with Crippen LogP contribution in [0.3, 0.4) is 0 Å². The number of rotatable bonds is 1. The summed E-state index contributed by atoms with van der Waals surface area (Å²) in [6.07, 6.45) is 0. The molecule has 0 aromatic heterocycles. The van der Waals surface area contributed by atoms with Crippen molar-refractivity contribution in [3.63, 3.8) is 0 Å². The number of nitrogens with one attached hydrogen (secondary N) is 2. The second-order valence-corrected chi connectivity index (χ2v) is 9.50. The van der Waals surface area contributed by atoms with Gasteiger partial charge in [0.15, 0.2) is 5.11 Å². The minimum atomic E-state index is -0.0480. The van der Waals surface area contributed by atoms with Gasteiger partial charge in [-0.05, 0) is 61.0 Å². The number of hydrogen-bond donors (Lipinski definition) is 2. The summed E-state index contributed by atoms with van der Waals surface area (Å²) in [6.45, 7) is 19.7. The van der Waals surface area contributed by atoms with E-state index >= 15 is 0 Å². The molecule has 0 aliphatic carbocycles. The van der Waals surface area contributed by atoms with Crippen molar-refractivity contribution in [2.45, 2.75) is 78.7 Å². The molecule has 22 heavy (non-hydrogen) atoms. The summed E-state index contributed by atoms with van der Waals surface area (Å²) in [5, 5.41) is 7.40. The zero-order valence-corrected chi connectivity index (χ0v) is 16.5. The molecular formula is C19H32N2S.